The van der Waals surface area contributed by atoms with Crippen LogP contribution >= 0.6 is 0 Å². The Labute approximate surface area is 124 Å². The van der Waals surface area contributed by atoms with Crippen molar-refractivity contribution in [3.8, 4) is 11.5 Å². The van der Waals surface area contributed by atoms with Crippen molar-refractivity contribution in [1.82, 2.24) is 4.90 Å². The van der Waals surface area contributed by atoms with Crippen LogP contribution < -0.4 is 4.74 Å². The van der Waals surface area contributed by atoms with Gasteiger partial charge >= 0.3 is 0 Å². The van der Waals surface area contributed by atoms with E-state index in [-0.39, 0.29) is 17.3 Å². The number of benzene rings is 1. The van der Waals surface area contributed by atoms with Gasteiger partial charge in [-0.2, -0.15) is 0 Å². The topological polar surface area (TPSA) is 52.9 Å². The van der Waals surface area contributed by atoms with Gasteiger partial charge in [-0.05, 0) is 56.8 Å². The van der Waals surface area contributed by atoms with Crippen LogP contribution in [0.25, 0.3) is 0 Å². The minimum atomic E-state index is -0.414. The summed E-state index contributed by atoms with van der Waals surface area (Å²) in [6.45, 7) is 1.04. The molecule has 4 heteroatoms. The van der Waals surface area contributed by atoms with E-state index in [2.05, 4.69) is 18.0 Å². The number of piperidine rings is 1. The smallest absolute Gasteiger partial charge is 0.165 e. The van der Waals surface area contributed by atoms with Gasteiger partial charge in [0.1, 0.15) is 6.10 Å². The third-order valence-electron chi connectivity index (χ3n) is 6.56. The van der Waals surface area contributed by atoms with Crippen LogP contribution in [0.1, 0.15) is 30.4 Å². The lowest BCUT2D eigenvalue weighted by molar-refractivity contribution is -0.0993. The highest BCUT2D eigenvalue weighted by Crippen LogP contribution is 2.63. The van der Waals surface area contributed by atoms with Crippen molar-refractivity contribution in [3.05, 3.63) is 23.3 Å². The highest BCUT2D eigenvalue weighted by Gasteiger charge is 2.65. The van der Waals surface area contributed by atoms with E-state index in [0.29, 0.717) is 17.7 Å². The second-order valence-corrected chi connectivity index (χ2v) is 7.28. The lowest BCUT2D eigenvalue weighted by atomic mass is 9.51. The van der Waals surface area contributed by atoms with Gasteiger partial charge in [-0.1, -0.05) is 6.07 Å². The molecule has 2 fully saturated rings. The van der Waals surface area contributed by atoms with Crippen molar-refractivity contribution >= 4 is 0 Å². The van der Waals surface area contributed by atoms with E-state index in [4.69, 9.17) is 4.74 Å². The highest BCUT2D eigenvalue weighted by molar-refractivity contribution is 5.60. The summed E-state index contributed by atoms with van der Waals surface area (Å²) in [6, 6.07) is 4.36. The number of nitrogens with zero attached hydrogens (tertiary/aromatic N) is 1. The molecule has 2 heterocycles. The van der Waals surface area contributed by atoms with Crippen molar-refractivity contribution in [1.29, 1.82) is 0 Å². The Morgan fingerprint density at radius 1 is 1.33 bits per heavy atom. The SMILES string of the molecule is CN1CCC23c4c5ccc(O)c4OC2[C@@H](O)CC[C@H]3[C@H]1C5. The molecule has 2 N–H and O–H groups in total. The Balaban J connectivity index is 1.81. The summed E-state index contributed by atoms with van der Waals surface area (Å²) in [6.07, 6.45) is 3.35. The number of likely N-dealkylation sites (tertiary alicyclic amines) is 1. The summed E-state index contributed by atoms with van der Waals surface area (Å²) in [5.74, 6) is 1.44. The zero-order chi connectivity index (χ0) is 14.4. The van der Waals surface area contributed by atoms with Crippen LogP contribution in [0, 0.1) is 5.92 Å². The Morgan fingerprint density at radius 3 is 3.05 bits per heavy atom. The molecule has 2 bridgehead atoms. The van der Waals surface area contributed by atoms with Gasteiger partial charge in [0.2, 0.25) is 0 Å². The second-order valence-electron chi connectivity index (χ2n) is 7.28. The van der Waals surface area contributed by atoms with Gasteiger partial charge in [0.05, 0.1) is 6.10 Å². The van der Waals surface area contributed by atoms with Crippen LogP contribution in [0.15, 0.2) is 12.1 Å². The molecule has 4 aliphatic rings. The summed E-state index contributed by atoms with van der Waals surface area (Å²) in [5.41, 5.74) is 2.46. The summed E-state index contributed by atoms with van der Waals surface area (Å²) in [7, 11) is 2.22. The third-order valence-corrected chi connectivity index (χ3v) is 6.56. The first-order chi connectivity index (χ1) is 10.1. The molecule has 5 rings (SSSR count). The number of aliphatic hydroxyl groups is 1. The largest absolute Gasteiger partial charge is 0.504 e. The fourth-order valence-corrected chi connectivity index (χ4v) is 5.71. The minimum absolute atomic E-state index is 0.0729. The van der Waals surface area contributed by atoms with Gasteiger partial charge < -0.3 is 19.8 Å². The molecule has 0 aromatic heterocycles. The van der Waals surface area contributed by atoms with Gasteiger partial charge in [0.25, 0.3) is 0 Å². The van der Waals surface area contributed by atoms with E-state index in [9.17, 15) is 10.2 Å². The first-order valence-corrected chi connectivity index (χ1v) is 8.03. The summed E-state index contributed by atoms with van der Waals surface area (Å²) in [4.78, 5) is 2.48. The fraction of sp³-hybridized carbons (Fsp3) is 0.647. The molecule has 0 radical (unpaired) electrons. The molecule has 1 spiro atoms. The van der Waals surface area contributed by atoms with E-state index in [1.165, 1.54) is 11.1 Å². The van der Waals surface area contributed by atoms with Gasteiger partial charge in [0, 0.05) is 17.0 Å². The minimum Gasteiger partial charge on any atom is -0.504 e. The van der Waals surface area contributed by atoms with E-state index in [1.807, 2.05) is 0 Å². The number of aliphatic hydroxyl groups excluding tert-OH is 1. The van der Waals surface area contributed by atoms with E-state index >= 15 is 0 Å². The summed E-state index contributed by atoms with van der Waals surface area (Å²) < 4.78 is 6.14. The molecule has 112 valence electrons. The number of ether oxygens (including phenoxy) is 1. The Hall–Kier alpha value is -1.26. The zero-order valence-corrected chi connectivity index (χ0v) is 12.2. The predicted molar refractivity (Wildman–Crippen MR) is 77.7 cm³/mol. The van der Waals surface area contributed by atoms with Crippen molar-refractivity contribution in [2.24, 2.45) is 5.92 Å². The maximum absolute atomic E-state index is 10.5. The van der Waals surface area contributed by atoms with Gasteiger partial charge in [0.15, 0.2) is 11.5 Å². The van der Waals surface area contributed by atoms with Crippen molar-refractivity contribution in [3.63, 3.8) is 0 Å². The average Bonchev–Trinajstić information content (AvgIpc) is 2.83. The summed E-state index contributed by atoms with van der Waals surface area (Å²) in [5, 5.41) is 20.8. The molecular formula is C17H21NO3. The van der Waals surface area contributed by atoms with E-state index in [0.717, 1.165) is 32.2 Å². The molecule has 2 unspecified atom stereocenters. The highest BCUT2D eigenvalue weighted by atomic mass is 16.5. The van der Waals surface area contributed by atoms with Crippen LogP contribution in [-0.4, -0.2) is 47.0 Å². The first-order valence-electron chi connectivity index (χ1n) is 8.03. The van der Waals surface area contributed by atoms with Gasteiger partial charge in [-0.15, -0.1) is 0 Å². The normalized spacial score (nSPS) is 43.3. The molecule has 1 aromatic rings. The molecule has 2 aliphatic heterocycles. The van der Waals surface area contributed by atoms with Crippen LogP contribution in [0.2, 0.25) is 0 Å². The van der Waals surface area contributed by atoms with E-state index < -0.39 is 6.10 Å². The number of aromatic hydroxyl groups is 1. The van der Waals surface area contributed by atoms with Crippen molar-refractivity contribution in [2.75, 3.05) is 13.6 Å². The fourth-order valence-electron chi connectivity index (χ4n) is 5.71. The maximum Gasteiger partial charge on any atom is 0.165 e. The lowest BCUT2D eigenvalue weighted by Crippen LogP contribution is -2.66. The quantitative estimate of drug-likeness (QED) is 0.758. The number of phenolic OH excluding ortho intramolecular Hbond substituents is 1. The molecule has 21 heavy (non-hydrogen) atoms. The Morgan fingerprint density at radius 2 is 2.19 bits per heavy atom. The molecule has 0 amide bonds. The molecule has 1 saturated carbocycles. The Kier molecular flexibility index (Phi) is 2.19. The van der Waals surface area contributed by atoms with Crippen LogP contribution in [0.3, 0.4) is 0 Å². The number of likely N-dealkylation sites (N-methyl/N-ethyl adjacent to an activating group) is 1. The van der Waals surface area contributed by atoms with Gasteiger partial charge in [-0.3, -0.25) is 0 Å². The maximum atomic E-state index is 10.5. The monoisotopic (exact) mass is 287 g/mol. The number of rotatable bonds is 0. The van der Waals surface area contributed by atoms with Crippen LogP contribution in [0.4, 0.5) is 0 Å². The Bertz CT molecular complexity index is 631. The van der Waals surface area contributed by atoms with Crippen LogP contribution in [-0.2, 0) is 11.8 Å². The molecular weight excluding hydrogens is 266 g/mol. The van der Waals surface area contributed by atoms with E-state index in [1.54, 1.807) is 6.07 Å². The number of hydrogen-bond acceptors (Lipinski definition) is 4. The predicted octanol–water partition coefficient (Wildman–Crippen LogP) is 1.42. The molecule has 2 aliphatic carbocycles. The van der Waals surface area contributed by atoms with Gasteiger partial charge in [-0.25, -0.2) is 0 Å². The molecule has 1 saturated heterocycles. The number of phenols is 1. The zero-order valence-electron chi connectivity index (χ0n) is 12.2. The summed E-state index contributed by atoms with van der Waals surface area (Å²) >= 11 is 0. The molecule has 1 aromatic carbocycles. The average molecular weight is 287 g/mol. The van der Waals surface area contributed by atoms with Crippen molar-refractivity contribution in [2.45, 2.75) is 49.3 Å². The van der Waals surface area contributed by atoms with Crippen LogP contribution in [0.5, 0.6) is 11.5 Å². The number of hydrogen-bond donors (Lipinski definition) is 2. The second kappa shape index (κ2) is 3.73. The molecule has 5 atom stereocenters. The molecule has 4 nitrogen and oxygen atoms in total. The third kappa shape index (κ3) is 1.25. The van der Waals surface area contributed by atoms with Crippen molar-refractivity contribution < 1.29 is 14.9 Å². The lowest BCUT2D eigenvalue weighted by Gasteiger charge is -2.58. The first kappa shape index (κ1) is 12.3. The standard InChI is InChI=1S/C17H21NO3/c1-18-7-6-17-10-3-5-13(20)16(17)21-15-12(19)4-2-9(14(15)17)8-11(10)18/h2,4,10-11,13,16,19-20H,3,5-8H2,1H3/t10-,11+,13-,16?,17?/m0/s1.